The second kappa shape index (κ2) is 8.54. The summed E-state index contributed by atoms with van der Waals surface area (Å²) in [5.74, 6) is 0.739. The van der Waals surface area contributed by atoms with E-state index in [9.17, 15) is 23.1 Å². The highest BCUT2D eigenvalue weighted by atomic mass is 19.4. The van der Waals surface area contributed by atoms with Crippen molar-refractivity contribution >= 4 is 17.5 Å². The number of pyridine rings is 1. The Morgan fingerprint density at radius 1 is 1.15 bits per heavy atom. The molecule has 1 amide bonds. The van der Waals surface area contributed by atoms with E-state index in [0.717, 1.165) is 57.1 Å². The Kier molecular flexibility index (Phi) is 5.84. The molecule has 0 bridgehead atoms. The van der Waals surface area contributed by atoms with Crippen LogP contribution in [-0.4, -0.2) is 56.0 Å². The Morgan fingerprint density at radius 2 is 1.85 bits per heavy atom. The van der Waals surface area contributed by atoms with Crippen LogP contribution in [0.3, 0.4) is 0 Å². The van der Waals surface area contributed by atoms with E-state index in [1.165, 1.54) is 0 Å². The van der Waals surface area contributed by atoms with Crippen LogP contribution in [0, 0.1) is 11.3 Å². The largest absolute Gasteiger partial charge is 0.392 e. The van der Waals surface area contributed by atoms with Gasteiger partial charge in [0.05, 0.1) is 6.42 Å². The van der Waals surface area contributed by atoms with E-state index in [4.69, 9.17) is 0 Å². The Labute approximate surface area is 190 Å². The zero-order valence-electron chi connectivity index (χ0n) is 18.5. The first-order chi connectivity index (χ1) is 15.7. The quantitative estimate of drug-likeness (QED) is 0.695. The molecule has 33 heavy (non-hydrogen) atoms. The number of fused-ring (bicyclic) bond motifs is 1. The fourth-order valence-corrected chi connectivity index (χ4v) is 5.50. The van der Waals surface area contributed by atoms with E-state index >= 15 is 0 Å². The lowest BCUT2D eigenvalue weighted by Gasteiger charge is -2.47. The van der Waals surface area contributed by atoms with Crippen LogP contribution in [0.2, 0.25) is 0 Å². The van der Waals surface area contributed by atoms with Gasteiger partial charge in [-0.15, -0.1) is 5.10 Å². The summed E-state index contributed by atoms with van der Waals surface area (Å²) >= 11 is 0. The highest BCUT2D eigenvalue weighted by Crippen LogP contribution is 2.49. The highest BCUT2D eigenvalue weighted by Gasteiger charge is 2.41. The van der Waals surface area contributed by atoms with Gasteiger partial charge in [-0.2, -0.15) is 18.2 Å². The lowest BCUT2D eigenvalue weighted by Crippen LogP contribution is -2.47. The molecular formula is C23H30F3N5O2. The molecule has 1 atom stereocenters. The van der Waals surface area contributed by atoms with Crippen molar-refractivity contribution in [3.8, 4) is 0 Å². The number of rotatable bonds is 5. The first-order valence-corrected chi connectivity index (χ1v) is 11.9. The Bertz CT molecular complexity index is 1000. The van der Waals surface area contributed by atoms with Crippen molar-refractivity contribution in [3.63, 3.8) is 0 Å². The number of alkyl halides is 3. The van der Waals surface area contributed by atoms with Gasteiger partial charge in [-0.25, -0.2) is 4.52 Å². The maximum atomic E-state index is 12.6. The van der Waals surface area contributed by atoms with Gasteiger partial charge >= 0.3 is 6.18 Å². The molecule has 2 aromatic rings. The number of carbonyl (C=O) groups excluding carboxylic acids is 1. The number of likely N-dealkylation sites (tertiary alicyclic amines) is 1. The molecule has 3 heterocycles. The number of aliphatic hydroxyl groups is 1. The molecule has 1 aliphatic heterocycles. The normalized spacial score (nSPS) is 23.2. The predicted octanol–water partition coefficient (Wildman–Crippen LogP) is 4.09. The maximum absolute atomic E-state index is 12.6. The van der Waals surface area contributed by atoms with Gasteiger partial charge in [-0.1, -0.05) is 6.07 Å². The van der Waals surface area contributed by atoms with E-state index < -0.39 is 18.8 Å². The number of anilines is 1. The number of halogens is 3. The van der Waals surface area contributed by atoms with Gasteiger partial charge in [-0.05, 0) is 68.9 Å². The number of amides is 1. The van der Waals surface area contributed by atoms with Crippen LogP contribution in [0.1, 0.15) is 69.4 Å². The number of hydrogen-bond donors (Lipinski definition) is 2. The number of aromatic nitrogens is 3. The summed E-state index contributed by atoms with van der Waals surface area (Å²) in [4.78, 5) is 18.1. The number of nitrogens with one attached hydrogen (secondary N) is 1. The molecule has 2 N–H and O–H groups in total. The van der Waals surface area contributed by atoms with Crippen LogP contribution in [0.25, 0.3) is 5.65 Å². The molecule has 1 unspecified atom stereocenters. The van der Waals surface area contributed by atoms with Gasteiger partial charge in [0.25, 0.3) is 0 Å². The number of nitrogens with zero attached hydrogens (tertiary/aromatic N) is 4. The van der Waals surface area contributed by atoms with Crippen molar-refractivity contribution in [3.05, 3.63) is 23.9 Å². The first kappa shape index (κ1) is 22.6. The smallest absolute Gasteiger partial charge is 0.378 e. The molecule has 180 valence electrons. The van der Waals surface area contributed by atoms with Crippen LogP contribution in [0.4, 0.5) is 19.1 Å². The summed E-state index contributed by atoms with van der Waals surface area (Å²) in [6.07, 6.45) is 0.497. The molecule has 1 spiro atoms. The minimum atomic E-state index is -4.35. The van der Waals surface area contributed by atoms with E-state index in [2.05, 4.69) is 21.5 Å². The molecule has 10 heteroatoms. The second-order valence-electron chi connectivity index (χ2n) is 10.0. The summed E-state index contributed by atoms with van der Waals surface area (Å²) in [5.41, 5.74) is 1.94. The zero-order valence-corrected chi connectivity index (χ0v) is 18.5. The van der Waals surface area contributed by atoms with Gasteiger partial charge in [0.1, 0.15) is 6.23 Å². The third-order valence-electron chi connectivity index (χ3n) is 7.73. The molecule has 0 aromatic carbocycles. The molecule has 3 aliphatic rings. The van der Waals surface area contributed by atoms with Gasteiger partial charge in [0.2, 0.25) is 11.9 Å². The standard InChI is InChI=1S/C23H30F3N5O2/c24-23(25,26)14-19(32)30-12-10-22(11-13-30)8-6-15(7-9-22)17-2-1-3-18-27-21(29-31(17)18)28-20(33)16-4-5-16/h1-3,15-16,19,32H,4-14H2,(H,28,29,33). The average Bonchev–Trinajstić information content (AvgIpc) is 3.54. The molecule has 0 radical (unpaired) electrons. The van der Waals surface area contributed by atoms with Crippen molar-refractivity contribution in [2.45, 2.75) is 76.1 Å². The van der Waals surface area contributed by atoms with Crippen molar-refractivity contribution in [1.82, 2.24) is 19.5 Å². The Balaban J connectivity index is 1.21. The fraction of sp³-hybridized carbons (Fsp3) is 0.696. The summed E-state index contributed by atoms with van der Waals surface area (Å²) in [5, 5.41) is 17.3. The van der Waals surface area contributed by atoms with Crippen LogP contribution < -0.4 is 5.32 Å². The minimum Gasteiger partial charge on any atom is -0.378 e. The highest BCUT2D eigenvalue weighted by molar-refractivity contribution is 5.92. The zero-order chi connectivity index (χ0) is 23.2. The average molecular weight is 466 g/mol. The summed E-state index contributed by atoms with van der Waals surface area (Å²) in [6.45, 7) is 1.01. The van der Waals surface area contributed by atoms with E-state index in [1.807, 2.05) is 16.6 Å². The van der Waals surface area contributed by atoms with Crippen molar-refractivity contribution < 1.29 is 23.1 Å². The Hall–Kier alpha value is -2.20. The number of hydrogen-bond acceptors (Lipinski definition) is 5. The molecular weight excluding hydrogens is 435 g/mol. The van der Waals surface area contributed by atoms with Gasteiger partial charge in [0.15, 0.2) is 5.65 Å². The second-order valence-corrected chi connectivity index (χ2v) is 10.0. The number of carbonyl (C=O) groups is 1. The monoisotopic (exact) mass is 465 g/mol. The maximum Gasteiger partial charge on any atom is 0.392 e. The molecule has 3 fully saturated rings. The van der Waals surface area contributed by atoms with E-state index in [1.54, 1.807) is 4.90 Å². The molecule has 2 saturated carbocycles. The number of aliphatic hydroxyl groups excluding tert-OH is 1. The minimum absolute atomic E-state index is 0.0150. The first-order valence-electron chi connectivity index (χ1n) is 11.9. The molecule has 2 aromatic heterocycles. The predicted molar refractivity (Wildman–Crippen MR) is 115 cm³/mol. The lowest BCUT2D eigenvalue weighted by molar-refractivity contribution is -0.178. The van der Waals surface area contributed by atoms with Crippen LogP contribution in [-0.2, 0) is 4.79 Å². The van der Waals surface area contributed by atoms with Crippen molar-refractivity contribution in [2.75, 3.05) is 18.4 Å². The third kappa shape index (κ3) is 5.01. The third-order valence-corrected chi connectivity index (χ3v) is 7.73. The molecule has 7 nitrogen and oxygen atoms in total. The lowest BCUT2D eigenvalue weighted by atomic mass is 9.65. The van der Waals surface area contributed by atoms with Crippen molar-refractivity contribution in [1.29, 1.82) is 0 Å². The van der Waals surface area contributed by atoms with Crippen molar-refractivity contribution in [2.24, 2.45) is 11.3 Å². The summed E-state index contributed by atoms with van der Waals surface area (Å²) in [7, 11) is 0. The van der Waals surface area contributed by atoms with E-state index in [0.29, 0.717) is 30.6 Å². The fourth-order valence-electron chi connectivity index (χ4n) is 5.50. The van der Waals surface area contributed by atoms with E-state index in [-0.39, 0.29) is 17.2 Å². The van der Waals surface area contributed by atoms with Crippen LogP contribution >= 0.6 is 0 Å². The topological polar surface area (TPSA) is 82.8 Å². The Morgan fingerprint density at radius 3 is 2.48 bits per heavy atom. The van der Waals surface area contributed by atoms with Gasteiger partial charge < -0.3 is 5.11 Å². The summed E-state index contributed by atoms with van der Waals surface area (Å²) in [6, 6.07) is 5.92. The molecule has 2 aliphatic carbocycles. The molecule has 1 saturated heterocycles. The molecule has 5 rings (SSSR count). The summed E-state index contributed by atoms with van der Waals surface area (Å²) < 4.78 is 39.7. The SMILES string of the molecule is O=C(Nc1nc2cccc(C3CCC4(CC3)CCN(C(O)CC(F)(F)F)CC4)n2n1)C1CC1. The van der Waals surface area contributed by atoms with Gasteiger partial charge in [-0.3, -0.25) is 15.0 Å². The number of piperidine rings is 1. The van der Waals surface area contributed by atoms with Gasteiger partial charge in [0, 0.05) is 30.6 Å². The van der Waals surface area contributed by atoms with Crippen LogP contribution in [0.5, 0.6) is 0 Å². The van der Waals surface area contributed by atoms with Crippen LogP contribution in [0.15, 0.2) is 18.2 Å².